The van der Waals surface area contributed by atoms with Gasteiger partial charge in [-0.25, -0.2) is 0 Å². The van der Waals surface area contributed by atoms with Crippen LogP contribution in [-0.2, 0) is 0 Å². The van der Waals surface area contributed by atoms with Gasteiger partial charge in [0.05, 0.1) is 0 Å². The average Bonchev–Trinajstić information content (AvgIpc) is 2.58. The summed E-state index contributed by atoms with van der Waals surface area (Å²) in [7, 11) is 0. The zero-order chi connectivity index (χ0) is 13.2. The third-order valence-electron chi connectivity index (χ3n) is 3.04. The molecule has 0 aliphatic heterocycles. The minimum Gasteiger partial charge on any atom is -0.319 e. The SMILES string of the molecule is O=c1[nH]c2ccccc2cc(-c2ccccc2)c1=O. The number of para-hydroxylation sites is 1. The molecule has 1 heterocycles. The molecule has 3 rings (SSSR count). The highest BCUT2D eigenvalue weighted by atomic mass is 16.2. The van der Waals surface area contributed by atoms with Gasteiger partial charge in [-0.3, -0.25) is 9.59 Å². The van der Waals surface area contributed by atoms with Crippen LogP contribution >= 0.6 is 0 Å². The molecule has 0 saturated carbocycles. The molecule has 1 aromatic heterocycles. The zero-order valence-corrected chi connectivity index (χ0v) is 10.1. The van der Waals surface area contributed by atoms with E-state index in [1.807, 2.05) is 48.5 Å². The molecule has 0 aliphatic carbocycles. The van der Waals surface area contributed by atoms with E-state index in [-0.39, 0.29) is 0 Å². The second-order valence-corrected chi connectivity index (χ2v) is 4.29. The highest BCUT2D eigenvalue weighted by Gasteiger charge is 2.06. The number of hydrogen-bond donors (Lipinski definition) is 1. The maximum Gasteiger partial charge on any atom is 0.296 e. The Labute approximate surface area is 109 Å². The van der Waals surface area contributed by atoms with Crippen molar-refractivity contribution in [2.24, 2.45) is 0 Å². The molecule has 0 bridgehead atoms. The predicted octanol–water partition coefficient (Wildman–Crippen LogP) is 2.56. The first-order chi connectivity index (χ1) is 9.25. The first kappa shape index (κ1) is 11.4. The number of rotatable bonds is 1. The van der Waals surface area contributed by atoms with Gasteiger partial charge in [-0.15, -0.1) is 0 Å². The van der Waals surface area contributed by atoms with Gasteiger partial charge in [0, 0.05) is 11.1 Å². The van der Waals surface area contributed by atoms with Crippen LogP contribution in [0.25, 0.3) is 22.0 Å². The van der Waals surface area contributed by atoms with Gasteiger partial charge in [-0.2, -0.15) is 0 Å². The summed E-state index contributed by atoms with van der Waals surface area (Å²) in [6.07, 6.45) is 0. The van der Waals surface area contributed by atoms with Crippen LogP contribution in [0.1, 0.15) is 0 Å². The summed E-state index contributed by atoms with van der Waals surface area (Å²) in [4.78, 5) is 26.6. The van der Waals surface area contributed by atoms with Crippen molar-refractivity contribution in [2.45, 2.75) is 0 Å². The monoisotopic (exact) mass is 249 g/mol. The van der Waals surface area contributed by atoms with Gasteiger partial charge in [0.25, 0.3) is 11.0 Å². The van der Waals surface area contributed by atoms with Gasteiger partial charge in [0.1, 0.15) is 0 Å². The minimum absolute atomic E-state index is 0.419. The molecule has 19 heavy (non-hydrogen) atoms. The third kappa shape index (κ3) is 2.06. The molecule has 3 nitrogen and oxygen atoms in total. The molecule has 2 aromatic carbocycles. The summed E-state index contributed by atoms with van der Waals surface area (Å²) in [5.74, 6) is 0. The lowest BCUT2D eigenvalue weighted by molar-refractivity contribution is 1.29. The molecule has 1 N–H and O–H groups in total. The van der Waals surface area contributed by atoms with Crippen molar-refractivity contribution in [3.8, 4) is 11.1 Å². The quantitative estimate of drug-likeness (QED) is 0.674. The molecule has 0 unspecified atom stereocenters. The zero-order valence-electron chi connectivity index (χ0n) is 10.1. The van der Waals surface area contributed by atoms with Crippen LogP contribution in [0.3, 0.4) is 0 Å². The normalized spacial score (nSPS) is 10.5. The number of hydrogen-bond acceptors (Lipinski definition) is 2. The van der Waals surface area contributed by atoms with Gasteiger partial charge in [0.15, 0.2) is 0 Å². The fourth-order valence-electron chi connectivity index (χ4n) is 2.09. The van der Waals surface area contributed by atoms with E-state index < -0.39 is 11.0 Å². The van der Waals surface area contributed by atoms with Crippen molar-refractivity contribution in [2.75, 3.05) is 0 Å². The maximum atomic E-state index is 12.1. The summed E-state index contributed by atoms with van der Waals surface area (Å²) in [5.41, 5.74) is 0.719. The largest absolute Gasteiger partial charge is 0.319 e. The summed E-state index contributed by atoms with van der Waals surface area (Å²) < 4.78 is 0. The highest BCUT2D eigenvalue weighted by Crippen LogP contribution is 2.17. The summed E-state index contributed by atoms with van der Waals surface area (Å²) in [5, 5.41) is 0.834. The van der Waals surface area contributed by atoms with Crippen LogP contribution in [0.2, 0.25) is 0 Å². The van der Waals surface area contributed by atoms with Crippen molar-refractivity contribution in [1.82, 2.24) is 4.98 Å². The molecular formula is C16H11NO2. The van der Waals surface area contributed by atoms with E-state index in [1.165, 1.54) is 0 Å². The number of benzene rings is 2. The van der Waals surface area contributed by atoms with Gasteiger partial charge in [-0.1, -0.05) is 48.5 Å². The lowest BCUT2D eigenvalue weighted by Crippen LogP contribution is -2.24. The molecule has 0 atom stereocenters. The standard InChI is InChI=1S/C16H11NO2/c18-15-13(11-6-2-1-3-7-11)10-12-8-4-5-9-14(12)17-16(15)19/h1-10H,(H,17,18,19). The average molecular weight is 249 g/mol. The first-order valence-electron chi connectivity index (χ1n) is 5.97. The van der Waals surface area contributed by atoms with Gasteiger partial charge >= 0.3 is 0 Å². The topological polar surface area (TPSA) is 49.9 Å². The Morgan fingerprint density at radius 3 is 2.26 bits per heavy atom. The Bertz CT molecular complexity index is 851. The number of nitrogens with one attached hydrogen (secondary N) is 1. The molecule has 0 spiro atoms. The van der Waals surface area contributed by atoms with E-state index in [1.54, 1.807) is 12.1 Å². The lowest BCUT2D eigenvalue weighted by Gasteiger charge is -1.96. The van der Waals surface area contributed by atoms with E-state index in [4.69, 9.17) is 0 Å². The molecule has 92 valence electrons. The summed E-state index contributed by atoms with van der Waals surface area (Å²) in [6, 6.07) is 18.3. The first-order valence-corrected chi connectivity index (χ1v) is 5.97. The van der Waals surface area contributed by atoms with E-state index in [2.05, 4.69) is 4.98 Å². The lowest BCUT2D eigenvalue weighted by atomic mass is 10.1. The molecule has 0 aliphatic rings. The number of H-pyrrole nitrogens is 1. The van der Waals surface area contributed by atoms with Crippen molar-refractivity contribution >= 4 is 10.9 Å². The Hall–Kier alpha value is -2.68. The van der Waals surface area contributed by atoms with E-state index in [0.717, 1.165) is 10.9 Å². The second-order valence-electron chi connectivity index (χ2n) is 4.29. The summed E-state index contributed by atoms with van der Waals surface area (Å²) >= 11 is 0. The molecule has 3 heteroatoms. The number of aromatic nitrogens is 1. The maximum absolute atomic E-state index is 12.1. The van der Waals surface area contributed by atoms with Gasteiger partial charge < -0.3 is 4.98 Å². The van der Waals surface area contributed by atoms with E-state index >= 15 is 0 Å². The molecule has 0 fully saturated rings. The van der Waals surface area contributed by atoms with E-state index in [9.17, 15) is 9.59 Å². The third-order valence-corrected chi connectivity index (χ3v) is 3.04. The molecule has 0 amide bonds. The molecule has 0 saturated heterocycles. The fourth-order valence-corrected chi connectivity index (χ4v) is 2.09. The van der Waals surface area contributed by atoms with Crippen LogP contribution in [0.5, 0.6) is 0 Å². The van der Waals surface area contributed by atoms with Crippen LogP contribution in [-0.4, -0.2) is 4.98 Å². The molecule has 3 aromatic rings. The van der Waals surface area contributed by atoms with Crippen molar-refractivity contribution in [1.29, 1.82) is 0 Å². The van der Waals surface area contributed by atoms with Crippen LogP contribution < -0.4 is 11.0 Å². The summed E-state index contributed by atoms with van der Waals surface area (Å²) in [6.45, 7) is 0. The Morgan fingerprint density at radius 2 is 1.47 bits per heavy atom. The van der Waals surface area contributed by atoms with E-state index in [0.29, 0.717) is 11.1 Å². The van der Waals surface area contributed by atoms with Crippen LogP contribution in [0.4, 0.5) is 0 Å². The van der Waals surface area contributed by atoms with Gasteiger partial charge in [-0.05, 0) is 23.1 Å². The van der Waals surface area contributed by atoms with Crippen LogP contribution in [0, 0.1) is 0 Å². The highest BCUT2D eigenvalue weighted by molar-refractivity contribution is 5.82. The Kier molecular flexibility index (Phi) is 2.72. The van der Waals surface area contributed by atoms with Crippen LogP contribution in [0.15, 0.2) is 70.3 Å². The number of aromatic amines is 1. The number of fused-ring (bicyclic) bond motifs is 1. The fraction of sp³-hybridized carbons (Fsp3) is 0. The minimum atomic E-state index is -0.597. The van der Waals surface area contributed by atoms with Crippen molar-refractivity contribution in [3.05, 3.63) is 81.2 Å². The predicted molar refractivity (Wildman–Crippen MR) is 76.3 cm³/mol. The Balaban J connectivity index is 2.47. The molecule has 0 radical (unpaired) electrons. The second kappa shape index (κ2) is 4.53. The smallest absolute Gasteiger partial charge is 0.296 e. The van der Waals surface area contributed by atoms with Crippen molar-refractivity contribution in [3.63, 3.8) is 0 Å². The molecular weight excluding hydrogens is 238 g/mol. The van der Waals surface area contributed by atoms with Crippen molar-refractivity contribution < 1.29 is 0 Å². The Morgan fingerprint density at radius 1 is 0.789 bits per heavy atom. The van der Waals surface area contributed by atoms with Gasteiger partial charge in [0.2, 0.25) is 0 Å².